The molecule has 0 bridgehead atoms. The monoisotopic (exact) mass is 315 g/mol. The van der Waals surface area contributed by atoms with E-state index in [0.29, 0.717) is 27.3 Å². The fourth-order valence-electron chi connectivity index (χ4n) is 1.88. The van der Waals surface area contributed by atoms with Gasteiger partial charge in [-0.1, -0.05) is 40.9 Å². The number of ketones is 1. The molecule has 90 valence electrons. The summed E-state index contributed by atoms with van der Waals surface area (Å²) in [6.45, 7) is 2.57. The van der Waals surface area contributed by atoms with E-state index >= 15 is 0 Å². The standard InChI is InChI=1S/C12H11BrClNO2/c1-2-3-4-15-10-8(11(16)12(15)17)5-7(13)6-9(10)14/h5-6H,2-4H2,1H3. The summed E-state index contributed by atoms with van der Waals surface area (Å²) >= 11 is 9.37. The first kappa shape index (κ1) is 12.6. The van der Waals surface area contributed by atoms with Crippen molar-refractivity contribution in [3.63, 3.8) is 0 Å². The second-order valence-corrected chi connectivity index (χ2v) is 5.25. The molecule has 3 nitrogen and oxygen atoms in total. The fraction of sp³-hybridized carbons (Fsp3) is 0.333. The number of carbonyl (C=O) groups is 2. The van der Waals surface area contributed by atoms with E-state index in [1.807, 2.05) is 6.92 Å². The van der Waals surface area contributed by atoms with E-state index in [9.17, 15) is 9.59 Å². The van der Waals surface area contributed by atoms with Gasteiger partial charge in [0.2, 0.25) is 0 Å². The van der Waals surface area contributed by atoms with E-state index < -0.39 is 11.7 Å². The number of halogens is 2. The van der Waals surface area contributed by atoms with Crippen LogP contribution in [0, 0.1) is 0 Å². The van der Waals surface area contributed by atoms with Crippen LogP contribution in [-0.2, 0) is 4.79 Å². The Hall–Kier alpha value is -0.870. The van der Waals surface area contributed by atoms with Crippen molar-refractivity contribution < 1.29 is 9.59 Å². The van der Waals surface area contributed by atoms with Crippen molar-refractivity contribution in [2.45, 2.75) is 19.8 Å². The first-order valence-electron chi connectivity index (χ1n) is 5.41. The van der Waals surface area contributed by atoms with Crippen LogP contribution in [0.2, 0.25) is 5.02 Å². The molecular weight excluding hydrogens is 305 g/mol. The highest BCUT2D eigenvalue weighted by Crippen LogP contribution is 2.38. The van der Waals surface area contributed by atoms with E-state index in [-0.39, 0.29) is 0 Å². The molecule has 1 heterocycles. The molecule has 0 saturated carbocycles. The minimum Gasteiger partial charge on any atom is -0.303 e. The number of benzene rings is 1. The van der Waals surface area contributed by atoms with Crippen LogP contribution in [0.5, 0.6) is 0 Å². The Kier molecular flexibility index (Phi) is 3.54. The van der Waals surface area contributed by atoms with Gasteiger partial charge in [0.15, 0.2) is 0 Å². The molecule has 0 N–H and O–H groups in total. The molecule has 1 aromatic carbocycles. The second-order valence-electron chi connectivity index (χ2n) is 3.92. The number of Topliss-reactive ketones (excluding diaryl/α,β-unsaturated/α-hetero) is 1. The lowest BCUT2D eigenvalue weighted by atomic mass is 10.1. The highest BCUT2D eigenvalue weighted by atomic mass is 79.9. The second kappa shape index (κ2) is 4.78. The number of unbranched alkanes of at least 4 members (excludes halogenated alkanes) is 1. The number of anilines is 1. The van der Waals surface area contributed by atoms with Crippen molar-refractivity contribution in [2.75, 3.05) is 11.4 Å². The highest BCUT2D eigenvalue weighted by Gasteiger charge is 2.37. The number of rotatable bonds is 3. The Balaban J connectivity index is 2.48. The third-order valence-corrected chi connectivity index (χ3v) is 3.46. The number of fused-ring (bicyclic) bond motifs is 1. The topological polar surface area (TPSA) is 37.4 Å². The Labute approximate surface area is 113 Å². The summed E-state index contributed by atoms with van der Waals surface area (Å²) in [7, 11) is 0. The zero-order valence-corrected chi connectivity index (χ0v) is 11.6. The molecule has 5 heteroatoms. The summed E-state index contributed by atoms with van der Waals surface area (Å²) in [5.41, 5.74) is 0.948. The lowest BCUT2D eigenvalue weighted by molar-refractivity contribution is -0.114. The average Bonchev–Trinajstić information content (AvgIpc) is 2.51. The summed E-state index contributed by atoms with van der Waals surface area (Å²) < 4.78 is 0.708. The van der Waals surface area contributed by atoms with Crippen LogP contribution in [0.3, 0.4) is 0 Å². The van der Waals surface area contributed by atoms with Crippen LogP contribution in [0.4, 0.5) is 5.69 Å². The smallest absolute Gasteiger partial charge is 0.299 e. The number of carbonyl (C=O) groups excluding carboxylic acids is 2. The van der Waals surface area contributed by atoms with Gasteiger partial charge < -0.3 is 4.90 Å². The van der Waals surface area contributed by atoms with Crippen LogP contribution >= 0.6 is 27.5 Å². The van der Waals surface area contributed by atoms with Crippen LogP contribution in [-0.4, -0.2) is 18.2 Å². The molecule has 0 unspecified atom stereocenters. The Morgan fingerprint density at radius 1 is 1.35 bits per heavy atom. The van der Waals surface area contributed by atoms with E-state index in [1.54, 1.807) is 12.1 Å². The predicted octanol–water partition coefficient (Wildman–Crippen LogP) is 3.43. The van der Waals surface area contributed by atoms with Gasteiger partial charge in [-0.3, -0.25) is 9.59 Å². The lowest BCUT2D eigenvalue weighted by Crippen LogP contribution is -2.30. The molecule has 0 radical (unpaired) electrons. The molecule has 2 rings (SSSR count). The minimum absolute atomic E-state index is 0.394. The largest absolute Gasteiger partial charge is 0.303 e. The molecule has 0 spiro atoms. The summed E-state index contributed by atoms with van der Waals surface area (Å²) in [4.78, 5) is 25.1. The van der Waals surface area contributed by atoms with Crippen molar-refractivity contribution in [3.05, 3.63) is 27.2 Å². The molecule has 0 fully saturated rings. The molecule has 17 heavy (non-hydrogen) atoms. The minimum atomic E-state index is -0.478. The Bertz CT molecular complexity index is 502. The maximum atomic E-state index is 11.8. The molecule has 1 amide bonds. The first-order chi connectivity index (χ1) is 8.06. The van der Waals surface area contributed by atoms with Gasteiger partial charge in [0.25, 0.3) is 11.7 Å². The van der Waals surface area contributed by atoms with Crippen molar-refractivity contribution in [3.8, 4) is 0 Å². The number of hydrogen-bond acceptors (Lipinski definition) is 2. The zero-order chi connectivity index (χ0) is 12.6. The van der Waals surface area contributed by atoms with Crippen LogP contribution in [0.15, 0.2) is 16.6 Å². The molecule has 1 aromatic rings. The summed E-state index contributed by atoms with van der Waals surface area (Å²) in [6, 6.07) is 3.35. The van der Waals surface area contributed by atoms with E-state index in [2.05, 4.69) is 15.9 Å². The SMILES string of the molecule is CCCCN1C(=O)C(=O)c2cc(Br)cc(Cl)c21. The first-order valence-corrected chi connectivity index (χ1v) is 6.58. The van der Waals surface area contributed by atoms with Gasteiger partial charge in [-0.05, 0) is 18.6 Å². The maximum Gasteiger partial charge on any atom is 0.299 e. The fourth-order valence-corrected chi connectivity index (χ4v) is 2.79. The Morgan fingerprint density at radius 3 is 2.71 bits per heavy atom. The van der Waals surface area contributed by atoms with Crippen molar-refractivity contribution >= 4 is 44.9 Å². The lowest BCUT2D eigenvalue weighted by Gasteiger charge is -2.17. The Morgan fingerprint density at radius 2 is 2.06 bits per heavy atom. The molecule has 0 aliphatic carbocycles. The van der Waals surface area contributed by atoms with Gasteiger partial charge in [0, 0.05) is 11.0 Å². The van der Waals surface area contributed by atoms with E-state index in [1.165, 1.54) is 4.90 Å². The number of nitrogens with zero attached hydrogens (tertiary/aromatic N) is 1. The quantitative estimate of drug-likeness (QED) is 0.801. The summed E-state index contributed by atoms with van der Waals surface area (Å²) in [5.74, 6) is -0.951. The van der Waals surface area contributed by atoms with Gasteiger partial charge in [0.1, 0.15) is 0 Å². The van der Waals surface area contributed by atoms with Gasteiger partial charge >= 0.3 is 0 Å². The van der Waals surface area contributed by atoms with Gasteiger partial charge in [0.05, 0.1) is 16.3 Å². The molecule has 1 aliphatic rings. The van der Waals surface area contributed by atoms with Crippen LogP contribution in [0.1, 0.15) is 30.1 Å². The van der Waals surface area contributed by atoms with Crippen molar-refractivity contribution in [1.82, 2.24) is 0 Å². The molecule has 0 saturated heterocycles. The van der Waals surface area contributed by atoms with Crippen molar-refractivity contribution in [1.29, 1.82) is 0 Å². The van der Waals surface area contributed by atoms with Gasteiger partial charge in [-0.25, -0.2) is 0 Å². The van der Waals surface area contributed by atoms with Crippen LogP contribution < -0.4 is 4.90 Å². The third-order valence-electron chi connectivity index (χ3n) is 2.72. The van der Waals surface area contributed by atoms with Gasteiger partial charge in [-0.15, -0.1) is 0 Å². The molecule has 0 atom stereocenters. The molecule has 1 aliphatic heterocycles. The van der Waals surface area contributed by atoms with E-state index in [4.69, 9.17) is 11.6 Å². The summed E-state index contributed by atoms with van der Waals surface area (Å²) in [5, 5.41) is 0.435. The van der Waals surface area contributed by atoms with Gasteiger partial charge in [-0.2, -0.15) is 0 Å². The van der Waals surface area contributed by atoms with Crippen LogP contribution in [0.25, 0.3) is 0 Å². The number of amides is 1. The van der Waals surface area contributed by atoms with E-state index in [0.717, 1.165) is 12.8 Å². The summed E-state index contributed by atoms with van der Waals surface area (Å²) in [6.07, 6.45) is 1.81. The normalized spacial score (nSPS) is 14.4. The van der Waals surface area contributed by atoms with Crippen molar-refractivity contribution in [2.24, 2.45) is 0 Å². The zero-order valence-electron chi connectivity index (χ0n) is 9.30. The highest BCUT2D eigenvalue weighted by molar-refractivity contribution is 9.10. The third kappa shape index (κ3) is 2.11. The maximum absolute atomic E-state index is 11.8. The molecular formula is C12H11BrClNO2. The number of hydrogen-bond donors (Lipinski definition) is 0. The average molecular weight is 317 g/mol. The molecule has 0 aromatic heterocycles. The predicted molar refractivity (Wildman–Crippen MR) is 70.7 cm³/mol.